The van der Waals surface area contributed by atoms with Crippen molar-refractivity contribution in [2.45, 2.75) is 73.8 Å². The van der Waals surface area contributed by atoms with Crippen molar-refractivity contribution in [2.24, 2.45) is 17.8 Å². The molecule has 1 unspecified atom stereocenters. The maximum absolute atomic E-state index is 11.4. The molecule has 0 bridgehead atoms. The third-order valence-corrected chi connectivity index (χ3v) is 3.24. The molecule has 0 aliphatic rings. The Bertz CT molecular complexity index is 293. The molecule has 1 N–H and O–H groups in total. The predicted molar refractivity (Wildman–Crippen MR) is 81.6 cm³/mol. The summed E-state index contributed by atoms with van der Waals surface area (Å²) in [6, 6.07) is 0. The maximum Gasteiger partial charge on any atom is 0.308 e. The highest BCUT2D eigenvalue weighted by atomic mass is 16.6. The molecule has 0 aliphatic carbocycles. The molecule has 0 saturated heterocycles. The zero-order chi connectivity index (χ0) is 16.5. The summed E-state index contributed by atoms with van der Waals surface area (Å²) in [5.41, 5.74) is -0.336. The van der Waals surface area contributed by atoms with Crippen LogP contribution in [0, 0.1) is 17.8 Å². The molecule has 1 atom stereocenters. The minimum Gasteiger partial charge on any atom is -0.481 e. The third-order valence-electron chi connectivity index (χ3n) is 3.24. The Balaban J connectivity index is 0. The zero-order valence-electron chi connectivity index (χ0n) is 14.3. The fraction of sp³-hybridized carbons (Fsp3) is 0.875. The van der Waals surface area contributed by atoms with E-state index in [2.05, 4.69) is 13.8 Å². The highest BCUT2D eigenvalue weighted by Crippen LogP contribution is 2.26. The van der Waals surface area contributed by atoms with Gasteiger partial charge in [0.15, 0.2) is 0 Å². The fourth-order valence-electron chi connectivity index (χ4n) is 1.26. The molecule has 0 heterocycles. The van der Waals surface area contributed by atoms with Crippen LogP contribution in [0.5, 0.6) is 0 Å². The van der Waals surface area contributed by atoms with E-state index in [0.29, 0.717) is 5.92 Å². The first-order chi connectivity index (χ1) is 8.95. The maximum atomic E-state index is 11.4. The van der Waals surface area contributed by atoms with Crippen LogP contribution in [0.1, 0.15) is 68.2 Å². The molecule has 0 aliphatic heterocycles. The predicted octanol–water partition coefficient (Wildman–Crippen LogP) is 4.13. The van der Waals surface area contributed by atoms with Gasteiger partial charge in [0.05, 0.1) is 11.8 Å². The van der Waals surface area contributed by atoms with E-state index >= 15 is 0 Å². The summed E-state index contributed by atoms with van der Waals surface area (Å²) >= 11 is 0. The minimum atomic E-state index is -0.741. The van der Waals surface area contributed by atoms with Gasteiger partial charge >= 0.3 is 11.9 Å². The number of carboxylic acid groups (broad SMARTS) is 1. The van der Waals surface area contributed by atoms with Crippen LogP contribution in [-0.4, -0.2) is 22.6 Å². The van der Waals surface area contributed by atoms with Gasteiger partial charge in [0.25, 0.3) is 0 Å². The van der Waals surface area contributed by atoms with E-state index in [1.54, 1.807) is 13.8 Å². The number of hydrogen-bond acceptors (Lipinski definition) is 3. The van der Waals surface area contributed by atoms with Crippen LogP contribution in [-0.2, 0) is 14.3 Å². The van der Waals surface area contributed by atoms with Gasteiger partial charge in [-0.2, -0.15) is 0 Å². The van der Waals surface area contributed by atoms with Crippen LogP contribution in [0.2, 0.25) is 0 Å². The average Bonchev–Trinajstić information content (AvgIpc) is 2.29. The Labute approximate surface area is 123 Å². The van der Waals surface area contributed by atoms with Crippen molar-refractivity contribution in [2.75, 3.05) is 0 Å². The van der Waals surface area contributed by atoms with Gasteiger partial charge in [-0.3, -0.25) is 9.59 Å². The van der Waals surface area contributed by atoms with Gasteiger partial charge in [0, 0.05) is 0 Å². The molecule has 4 nitrogen and oxygen atoms in total. The van der Waals surface area contributed by atoms with E-state index < -0.39 is 5.97 Å². The summed E-state index contributed by atoms with van der Waals surface area (Å²) in [7, 11) is 0. The number of hydrogen-bond donors (Lipinski definition) is 1. The van der Waals surface area contributed by atoms with Crippen molar-refractivity contribution in [1.29, 1.82) is 0 Å². The van der Waals surface area contributed by atoms with Crippen LogP contribution >= 0.6 is 0 Å². The first-order valence-corrected chi connectivity index (χ1v) is 7.41. The Morgan fingerprint density at radius 1 is 1.05 bits per heavy atom. The lowest BCUT2D eigenvalue weighted by molar-refractivity contribution is -0.165. The molecule has 4 heteroatoms. The van der Waals surface area contributed by atoms with Crippen molar-refractivity contribution >= 4 is 11.9 Å². The van der Waals surface area contributed by atoms with E-state index in [4.69, 9.17) is 9.84 Å². The zero-order valence-corrected chi connectivity index (χ0v) is 14.3. The molecule has 0 saturated carbocycles. The van der Waals surface area contributed by atoms with Crippen molar-refractivity contribution in [3.05, 3.63) is 0 Å². The number of esters is 1. The molecule has 0 aromatic carbocycles. The lowest BCUT2D eigenvalue weighted by atomic mass is 9.88. The molecule has 0 aromatic heterocycles. The quantitative estimate of drug-likeness (QED) is 0.746. The molecule has 0 radical (unpaired) electrons. The molecule has 20 heavy (non-hydrogen) atoms. The van der Waals surface area contributed by atoms with Gasteiger partial charge in [-0.25, -0.2) is 0 Å². The highest BCUT2D eigenvalue weighted by molar-refractivity contribution is 5.72. The summed E-state index contributed by atoms with van der Waals surface area (Å²) < 4.78 is 5.47. The lowest BCUT2D eigenvalue weighted by Crippen LogP contribution is -2.36. The van der Waals surface area contributed by atoms with Gasteiger partial charge in [-0.15, -0.1) is 0 Å². The number of carbonyl (C=O) groups excluding carboxylic acids is 1. The number of ether oxygens (including phenoxy) is 1. The molecule has 120 valence electrons. The second-order valence-corrected chi connectivity index (χ2v) is 6.36. The smallest absolute Gasteiger partial charge is 0.308 e. The van der Waals surface area contributed by atoms with Crippen LogP contribution < -0.4 is 0 Å². The van der Waals surface area contributed by atoms with E-state index in [0.717, 1.165) is 12.8 Å². The van der Waals surface area contributed by atoms with Crippen LogP contribution in [0.3, 0.4) is 0 Å². The first-order valence-electron chi connectivity index (χ1n) is 7.41. The Hall–Kier alpha value is -1.06. The fourth-order valence-corrected chi connectivity index (χ4v) is 1.26. The monoisotopic (exact) mass is 288 g/mol. The Morgan fingerprint density at radius 3 is 1.70 bits per heavy atom. The van der Waals surface area contributed by atoms with Gasteiger partial charge in [0.1, 0.15) is 5.60 Å². The standard InChI is InChI=1S/C12H24O2.C4H8O2/c1-7-8-10(4)12(5,6)14-11(13)9(2)3;1-3(2)4(5)6/h9-10H,7-8H2,1-6H3;3H,1-2H3,(H,5,6). The van der Waals surface area contributed by atoms with Gasteiger partial charge < -0.3 is 9.84 Å². The normalized spacial score (nSPS) is 12.7. The number of rotatable bonds is 6. The van der Waals surface area contributed by atoms with Gasteiger partial charge in [-0.1, -0.05) is 48.0 Å². The molecule has 0 fully saturated rings. The molecular weight excluding hydrogens is 256 g/mol. The number of aliphatic carboxylic acids is 1. The van der Waals surface area contributed by atoms with Gasteiger partial charge in [-0.05, 0) is 26.2 Å². The number of carbonyl (C=O) groups is 2. The topological polar surface area (TPSA) is 63.6 Å². The molecule has 0 amide bonds. The van der Waals surface area contributed by atoms with Crippen LogP contribution in [0.15, 0.2) is 0 Å². The summed E-state index contributed by atoms with van der Waals surface area (Å²) in [5.74, 6) is -0.698. The highest BCUT2D eigenvalue weighted by Gasteiger charge is 2.30. The summed E-state index contributed by atoms with van der Waals surface area (Å²) in [6.07, 6.45) is 2.22. The molecule has 0 rings (SSSR count). The third kappa shape index (κ3) is 9.82. The SMILES string of the molecule is CC(C)C(=O)O.CCCC(C)C(C)(C)OC(=O)C(C)C. The van der Waals surface area contributed by atoms with Crippen molar-refractivity contribution in [3.8, 4) is 0 Å². The van der Waals surface area contributed by atoms with Gasteiger partial charge in [0.2, 0.25) is 0 Å². The first kappa shape index (κ1) is 21.2. The van der Waals surface area contributed by atoms with E-state index in [1.807, 2.05) is 27.7 Å². The van der Waals surface area contributed by atoms with Crippen LogP contribution in [0.25, 0.3) is 0 Å². The van der Waals surface area contributed by atoms with E-state index in [9.17, 15) is 9.59 Å². The Kier molecular flexibility index (Phi) is 10.4. The summed E-state index contributed by atoms with van der Waals surface area (Å²) in [5, 5.41) is 7.99. The van der Waals surface area contributed by atoms with Crippen molar-refractivity contribution in [1.82, 2.24) is 0 Å². The molecule has 0 aromatic rings. The van der Waals surface area contributed by atoms with Crippen molar-refractivity contribution in [3.63, 3.8) is 0 Å². The Morgan fingerprint density at radius 2 is 1.45 bits per heavy atom. The largest absolute Gasteiger partial charge is 0.481 e. The summed E-state index contributed by atoms with van der Waals surface area (Å²) in [6.45, 7) is 15.3. The lowest BCUT2D eigenvalue weighted by Gasteiger charge is -2.32. The van der Waals surface area contributed by atoms with E-state index in [1.165, 1.54) is 0 Å². The second kappa shape index (κ2) is 9.78. The van der Waals surface area contributed by atoms with Crippen LogP contribution in [0.4, 0.5) is 0 Å². The summed E-state index contributed by atoms with van der Waals surface area (Å²) in [4.78, 5) is 21.1. The average molecular weight is 288 g/mol. The molecular formula is C16H32O4. The van der Waals surface area contributed by atoms with Crippen molar-refractivity contribution < 1.29 is 19.4 Å². The molecule has 0 spiro atoms. The van der Waals surface area contributed by atoms with E-state index in [-0.39, 0.29) is 23.4 Å². The number of carboxylic acids is 1. The second-order valence-electron chi connectivity index (χ2n) is 6.36. The minimum absolute atomic E-state index is 0.0388.